The Bertz CT molecular complexity index is 807. The van der Waals surface area contributed by atoms with E-state index in [9.17, 15) is 13.2 Å². The summed E-state index contributed by atoms with van der Waals surface area (Å²) < 4.78 is 31.7. The highest BCUT2D eigenvalue weighted by Gasteiger charge is 2.25. The highest BCUT2D eigenvalue weighted by Crippen LogP contribution is 2.27. The van der Waals surface area contributed by atoms with Crippen molar-refractivity contribution in [2.45, 2.75) is 25.7 Å². The van der Waals surface area contributed by atoms with Crippen molar-refractivity contribution in [1.29, 1.82) is 0 Å². The van der Waals surface area contributed by atoms with Crippen molar-refractivity contribution < 1.29 is 17.9 Å². The molecule has 0 N–H and O–H groups in total. The van der Waals surface area contributed by atoms with Crippen LogP contribution in [-0.4, -0.2) is 25.0 Å². The van der Waals surface area contributed by atoms with E-state index in [-0.39, 0.29) is 17.1 Å². The molecular formula is C15H16BrNO4S. The molecule has 5 nitrogen and oxygen atoms in total. The number of hydrogen-bond acceptors (Lipinski definition) is 4. The van der Waals surface area contributed by atoms with Crippen LogP contribution < -0.4 is 0 Å². The fourth-order valence-corrected chi connectivity index (χ4v) is 4.15. The molecule has 22 heavy (non-hydrogen) atoms. The Balaban J connectivity index is 2.55. The molecule has 0 fully saturated rings. The third kappa shape index (κ3) is 2.96. The zero-order valence-electron chi connectivity index (χ0n) is 12.5. The van der Waals surface area contributed by atoms with E-state index in [2.05, 4.69) is 15.9 Å². The smallest absolute Gasteiger partial charge is 0.340 e. The van der Waals surface area contributed by atoms with E-state index in [1.165, 1.54) is 18.3 Å². The molecule has 0 aliphatic rings. The van der Waals surface area contributed by atoms with Crippen LogP contribution in [0.1, 0.15) is 28.4 Å². The predicted molar refractivity (Wildman–Crippen MR) is 86.6 cm³/mol. The van der Waals surface area contributed by atoms with Gasteiger partial charge in [-0.05, 0) is 54.4 Å². The van der Waals surface area contributed by atoms with Gasteiger partial charge in [0.05, 0.1) is 17.1 Å². The van der Waals surface area contributed by atoms with Gasteiger partial charge in [0, 0.05) is 6.20 Å². The fourth-order valence-electron chi connectivity index (χ4n) is 1.96. The lowest BCUT2D eigenvalue weighted by molar-refractivity contribution is 0.0525. The standard InChI is InChI=1S/C15H16BrNO4S/c1-4-21-15(18)13-9-17(14(16)11(13)3)22(19,20)12-7-5-10(2)6-8-12/h5-9H,4H2,1-3H3. The van der Waals surface area contributed by atoms with E-state index in [0.29, 0.717) is 10.2 Å². The van der Waals surface area contributed by atoms with Crippen molar-refractivity contribution in [2.24, 2.45) is 0 Å². The number of ether oxygens (including phenoxy) is 1. The maximum Gasteiger partial charge on any atom is 0.340 e. The van der Waals surface area contributed by atoms with Gasteiger partial charge in [0.2, 0.25) is 0 Å². The van der Waals surface area contributed by atoms with Crippen LogP contribution in [0.5, 0.6) is 0 Å². The summed E-state index contributed by atoms with van der Waals surface area (Å²) in [5.74, 6) is -0.543. The molecule has 0 radical (unpaired) electrons. The molecular weight excluding hydrogens is 370 g/mol. The number of carbonyl (C=O) groups excluding carboxylic acids is 1. The van der Waals surface area contributed by atoms with Gasteiger partial charge in [0.15, 0.2) is 0 Å². The van der Waals surface area contributed by atoms with Crippen LogP contribution in [0.2, 0.25) is 0 Å². The second-order valence-corrected chi connectivity index (χ2v) is 7.36. The Kier molecular flexibility index (Phi) is 4.77. The van der Waals surface area contributed by atoms with Crippen LogP contribution >= 0.6 is 15.9 Å². The number of carbonyl (C=O) groups is 1. The molecule has 7 heteroatoms. The lowest BCUT2D eigenvalue weighted by atomic mass is 10.2. The molecule has 0 unspecified atom stereocenters. The molecule has 0 aliphatic heterocycles. The first-order valence-corrected chi connectivity index (χ1v) is 8.89. The molecule has 1 aromatic carbocycles. The van der Waals surface area contributed by atoms with Gasteiger partial charge in [-0.25, -0.2) is 17.2 Å². The molecule has 2 rings (SSSR count). The first-order valence-electron chi connectivity index (χ1n) is 6.65. The van der Waals surface area contributed by atoms with Gasteiger partial charge < -0.3 is 4.74 Å². The summed E-state index contributed by atoms with van der Waals surface area (Å²) in [7, 11) is -3.77. The largest absolute Gasteiger partial charge is 0.462 e. The third-order valence-electron chi connectivity index (χ3n) is 3.23. The lowest BCUT2D eigenvalue weighted by Crippen LogP contribution is -2.12. The number of nitrogens with zero attached hydrogens (tertiary/aromatic N) is 1. The maximum atomic E-state index is 12.7. The van der Waals surface area contributed by atoms with Crippen molar-refractivity contribution in [1.82, 2.24) is 3.97 Å². The number of hydrogen-bond donors (Lipinski definition) is 0. The first-order chi connectivity index (χ1) is 10.3. The van der Waals surface area contributed by atoms with E-state index in [4.69, 9.17) is 4.74 Å². The van der Waals surface area contributed by atoms with Gasteiger partial charge in [-0.2, -0.15) is 0 Å². The zero-order chi connectivity index (χ0) is 16.5. The van der Waals surface area contributed by atoms with Gasteiger partial charge >= 0.3 is 5.97 Å². The van der Waals surface area contributed by atoms with Crippen LogP contribution in [0, 0.1) is 13.8 Å². The lowest BCUT2D eigenvalue weighted by Gasteiger charge is -2.07. The predicted octanol–water partition coefficient (Wildman–Crippen LogP) is 3.28. The fraction of sp³-hybridized carbons (Fsp3) is 0.267. The zero-order valence-corrected chi connectivity index (χ0v) is 14.9. The van der Waals surface area contributed by atoms with Crippen molar-refractivity contribution in [2.75, 3.05) is 6.61 Å². The normalized spacial score (nSPS) is 11.5. The number of esters is 1. The van der Waals surface area contributed by atoms with Crippen LogP contribution in [0.4, 0.5) is 0 Å². The molecule has 0 amide bonds. The molecule has 2 aromatic rings. The maximum absolute atomic E-state index is 12.7. The summed E-state index contributed by atoms with van der Waals surface area (Å²) in [6, 6.07) is 6.53. The molecule has 1 heterocycles. The average molecular weight is 386 g/mol. The summed E-state index contributed by atoms with van der Waals surface area (Å²) in [6.45, 7) is 5.47. The number of benzene rings is 1. The molecule has 1 aromatic heterocycles. The van der Waals surface area contributed by atoms with Gasteiger partial charge in [-0.15, -0.1) is 0 Å². The Morgan fingerprint density at radius 1 is 1.23 bits per heavy atom. The number of aryl methyl sites for hydroxylation is 1. The Labute approximate surface area is 138 Å². The minimum atomic E-state index is -3.77. The van der Waals surface area contributed by atoms with Gasteiger partial charge in [-0.3, -0.25) is 0 Å². The Morgan fingerprint density at radius 2 is 1.82 bits per heavy atom. The molecule has 0 spiro atoms. The summed E-state index contributed by atoms with van der Waals surface area (Å²) in [5, 5.41) is 0. The topological polar surface area (TPSA) is 65.4 Å². The quantitative estimate of drug-likeness (QED) is 0.757. The van der Waals surface area contributed by atoms with Crippen LogP contribution in [0.25, 0.3) is 0 Å². The number of halogens is 1. The molecule has 0 atom stereocenters. The third-order valence-corrected chi connectivity index (χ3v) is 6.11. The SMILES string of the molecule is CCOC(=O)c1cn(S(=O)(=O)c2ccc(C)cc2)c(Br)c1C. The summed E-state index contributed by atoms with van der Waals surface area (Å²) in [4.78, 5) is 12.0. The second-order valence-electron chi connectivity index (χ2n) is 4.79. The molecule has 0 aliphatic carbocycles. The highest BCUT2D eigenvalue weighted by atomic mass is 79.9. The molecule has 118 valence electrons. The number of rotatable bonds is 4. The molecule has 0 saturated carbocycles. The van der Waals surface area contributed by atoms with E-state index < -0.39 is 16.0 Å². The van der Waals surface area contributed by atoms with Crippen molar-refractivity contribution in [3.8, 4) is 0 Å². The Hall–Kier alpha value is -1.60. The van der Waals surface area contributed by atoms with Crippen molar-refractivity contribution in [3.63, 3.8) is 0 Å². The average Bonchev–Trinajstić information content (AvgIpc) is 2.77. The van der Waals surface area contributed by atoms with Crippen molar-refractivity contribution in [3.05, 3.63) is 51.8 Å². The van der Waals surface area contributed by atoms with Crippen molar-refractivity contribution >= 4 is 31.9 Å². The number of aromatic nitrogens is 1. The van der Waals surface area contributed by atoms with Crippen LogP contribution in [0.15, 0.2) is 40.0 Å². The van der Waals surface area contributed by atoms with E-state index in [1.54, 1.807) is 26.0 Å². The minimum absolute atomic E-state index is 0.157. The molecule has 0 saturated heterocycles. The summed E-state index contributed by atoms with van der Waals surface area (Å²) in [6.07, 6.45) is 1.28. The van der Waals surface area contributed by atoms with E-state index >= 15 is 0 Å². The second kappa shape index (κ2) is 6.26. The van der Waals surface area contributed by atoms with Gasteiger partial charge in [0.1, 0.15) is 4.60 Å². The summed E-state index contributed by atoms with van der Waals surface area (Å²) >= 11 is 3.24. The molecule has 0 bridgehead atoms. The van der Waals surface area contributed by atoms with Gasteiger partial charge in [-0.1, -0.05) is 17.7 Å². The van der Waals surface area contributed by atoms with E-state index in [1.807, 2.05) is 6.92 Å². The monoisotopic (exact) mass is 385 g/mol. The first kappa shape index (κ1) is 16.8. The minimum Gasteiger partial charge on any atom is -0.462 e. The summed E-state index contributed by atoms with van der Waals surface area (Å²) in [5.41, 5.74) is 1.72. The van der Waals surface area contributed by atoms with Crippen LogP contribution in [-0.2, 0) is 14.8 Å². The van der Waals surface area contributed by atoms with E-state index in [0.717, 1.165) is 9.54 Å². The van der Waals surface area contributed by atoms with Gasteiger partial charge in [0.25, 0.3) is 10.0 Å². The van der Waals surface area contributed by atoms with Crippen LogP contribution in [0.3, 0.4) is 0 Å². The highest BCUT2D eigenvalue weighted by molar-refractivity contribution is 9.10. The Morgan fingerprint density at radius 3 is 2.36 bits per heavy atom.